The fourth-order valence-electron chi connectivity index (χ4n) is 0.723. The molecule has 0 aromatic carbocycles. The average molecular weight is 183 g/mol. The van der Waals surface area contributed by atoms with Crippen LogP contribution >= 0.6 is 0 Å². The van der Waals surface area contributed by atoms with Crippen LogP contribution in [0.3, 0.4) is 0 Å². The lowest BCUT2D eigenvalue weighted by molar-refractivity contribution is 0.0918. The van der Waals surface area contributed by atoms with Crippen molar-refractivity contribution in [3.05, 3.63) is 18.4 Å². The predicted octanol–water partition coefficient (Wildman–Crippen LogP) is 0.142. The summed E-state index contributed by atoms with van der Waals surface area (Å²) in [6.07, 6.45) is 2.57. The van der Waals surface area contributed by atoms with Gasteiger partial charge in [0.25, 0.3) is 5.91 Å². The van der Waals surface area contributed by atoms with Crippen molar-refractivity contribution in [2.45, 2.75) is 19.4 Å². The fraction of sp³-hybridized carbons (Fsp3) is 0.500. The van der Waals surface area contributed by atoms with Gasteiger partial charge in [-0.1, -0.05) is 0 Å². The minimum absolute atomic E-state index is 0.198. The van der Waals surface area contributed by atoms with E-state index in [2.05, 4.69) is 10.3 Å². The molecule has 0 saturated carbocycles. The van der Waals surface area contributed by atoms with Crippen molar-refractivity contribution in [1.29, 1.82) is 0 Å². The molecule has 5 nitrogen and oxygen atoms in total. The van der Waals surface area contributed by atoms with Gasteiger partial charge in [-0.05, 0) is 13.8 Å². The molecule has 0 saturated heterocycles. The Morgan fingerprint density at radius 3 is 2.92 bits per heavy atom. The second-order valence-corrected chi connectivity index (χ2v) is 3.54. The highest BCUT2D eigenvalue weighted by Gasteiger charge is 2.14. The summed E-state index contributed by atoms with van der Waals surface area (Å²) in [6.45, 7) is 4.05. The van der Waals surface area contributed by atoms with Crippen LogP contribution in [0.15, 0.2) is 17.0 Å². The Kier molecular flexibility index (Phi) is 2.67. The summed E-state index contributed by atoms with van der Waals surface area (Å²) >= 11 is 0. The number of carbonyl (C=O) groups is 1. The van der Waals surface area contributed by atoms with Gasteiger partial charge in [-0.3, -0.25) is 4.79 Å². The van der Waals surface area contributed by atoms with Gasteiger partial charge in [-0.25, -0.2) is 4.98 Å². The Morgan fingerprint density at radius 1 is 1.77 bits per heavy atom. The van der Waals surface area contributed by atoms with Gasteiger partial charge in [-0.2, -0.15) is 0 Å². The lowest BCUT2D eigenvalue weighted by Gasteiger charge is -2.18. The maximum atomic E-state index is 11.3. The highest BCUT2D eigenvalue weighted by molar-refractivity contribution is 5.91. The lowest BCUT2D eigenvalue weighted by Crippen LogP contribution is -2.45. The van der Waals surface area contributed by atoms with E-state index < -0.39 is 5.54 Å². The van der Waals surface area contributed by atoms with Crippen LogP contribution in [0, 0.1) is 0 Å². The second kappa shape index (κ2) is 3.57. The molecular formula is C8H13N3O2. The Hall–Kier alpha value is -1.36. The third-order valence-electron chi connectivity index (χ3n) is 1.36. The summed E-state index contributed by atoms with van der Waals surface area (Å²) < 4.78 is 4.80. The van der Waals surface area contributed by atoms with Crippen molar-refractivity contribution < 1.29 is 9.21 Å². The van der Waals surface area contributed by atoms with Crippen LogP contribution in [0.4, 0.5) is 0 Å². The normalized spacial score (nSPS) is 11.3. The summed E-state index contributed by atoms with van der Waals surface area (Å²) in [4.78, 5) is 14.9. The molecule has 3 N–H and O–H groups in total. The quantitative estimate of drug-likeness (QED) is 0.698. The van der Waals surface area contributed by atoms with Crippen LogP contribution < -0.4 is 11.1 Å². The van der Waals surface area contributed by atoms with Gasteiger partial charge in [0.1, 0.15) is 0 Å². The number of oxazole rings is 1. The summed E-state index contributed by atoms with van der Waals surface area (Å²) in [5.41, 5.74) is 5.26. The molecule has 5 heteroatoms. The fourth-order valence-corrected chi connectivity index (χ4v) is 0.723. The number of rotatable bonds is 3. The first kappa shape index (κ1) is 9.73. The van der Waals surface area contributed by atoms with Crippen LogP contribution in [0.5, 0.6) is 0 Å². The highest BCUT2D eigenvalue weighted by atomic mass is 16.3. The number of hydrogen-bond acceptors (Lipinski definition) is 4. The molecule has 1 amide bonds. The smallest absolute Gasteiger partial charge is 0.288 e. The van der Waals surface area contributed by atoms with E-state index in [-0.39, 0.29) is 11.7 Å². The zero-order valence-corrected chi connectivity index (χ0v) is 7.70. The van der Waals surface area contributed by atoms with Crippen molar-refractivity contribution in [2.75, 3.05) is 6.54 Å². The van der Waals surface area contributed by atoms with Crippen LogP contribution in [0.2, 0.25) is 0 Å². The van der Waals surface area contributed by atoms with E-state index in [1.807, 2.05) is 13.8 Å². The van der Waals surface area contributed by atoms with Gasteiger partial charge >= 0.3 is 0 Å². The summed E-state index contributed by atoms with van der Waals surface area (Å²) in [6, 6.07) is 0. The first-order valence-corrected chi connectivity index (χ1v) is 3.94. The van der Waals surface area contributed by atoms with Crippen LogP contribution in [0.1, 0.15) is 24.4 Å². The molecule has 0 atom stereocenters. The van der Waals surface area contributed by atoms with Gasteiger partial charge < -0.3 is 15.5 Å². The zero-order valence-electron chi connectivity index (χ0n) is 7.70. The van der Waals surface area contributed by atoms with Crippen LogP contribution in [0.25, 0.3) is 0 Å². The van der Waals surface area contributed by atoms with E-state index in [1.54, 1.807) is 0 Å². The zero-order chi connectivity index (χ0) is 9.90. The molecule has 1 aromatic heterocycles. The van der Waals surface area contributed by atoms with Crippen molar-refractivity contribution in [1.82, 2.24) is 10.3 Å². The summed E-state index contributed by atoms with van der Waals surface area (Å²) in [7, 11) is 0. The van der Waals surface area contributed by atoms with Crippen molar-refractivity contribution in [3.8, 4) is 0 Å². The first-order chi connectivity index (χ1) is 5.99. The van der Waals surface area contributed by atoms with Gasteiger partial charge in [0.2, 0.25) is 5.76 Å². The lowest BCUT2D eigenvalue weighted by atomic mass is 10.1. The van der Waals surface area contributed by atoms with Gasteiger partial charge in [0.15, 0.2) is 6.39 Å². The van der Waals surface area contributed by atoms with E-state index >= 15 is 0 Å². The second-order valence-electron chi connectivity index (χ2n) is 3.54. The average Bonchev–Trinajstić information content (AvgIpc) is 2.50. The molecule has 0 unspecified atom stereocenters. The van der Waals surface area contributed by atoms with Gasteiger partial charge in [0, 0.05) is 12.1 Å². The molecule has 0 radical (unpaired) electrons. The van der Waals surface area contributed by atoms with Crippen LogP contribution in [-0.2, 0) is 0 Å². The van der Waals surface area contributed by atoms with Crippen molar-refractivity contribution in [2.24, 2.45) is 5.73 Å². The van der Waals surface area contributed by atoms with E-state index in [4.69, 9.17) is 10.2 Å². The Morgan fingerprint density at radius 2 is 2.46 bits per heavy atom. The van der Waals surface area contributed by atoms with E-state index in [1.165, 1.54) is 12.6 Å². The molecule has 0 aliphatic carbocycles. The van der Waals surface area contributed by atoms with Crippen molar-refractivity contribution in [3.63, 3.8) is 0 Å². The molecule has 0 bridgehead atoms. The highest BCUT2D eigenvalue weighted by Crippen LogP contribution is 1.98. The topological polar surface area (TPSA) is 81.1 Å². The Labute approximate surface area is 76.3 Å². The molecule has 0 spiro atoms. The molecule has 0 aliphatic rings. The number of aromatic nitrogens is 1. The number of amides is 1. The number of nitrogens with zero attached hydrogens (tertiary/aromatic N) is 1. The molecule has 0 aliphatic heterocycles. The third kappa shape index (κ3) is 3.25. The molecule has 1 aromatic rings. The largest absolute Gasteiger partial charge is 0.438 e. The van der Waals surface area contributed by atoms with Gasteiger partial charge in [0.05, 0.1) is 6.20 Å². The third-order valence-corrected chi connectivity index (χ3v) is 1.36. The monoisotopic (exact) mass is 183 g/mol. The molecule has 13 heavy (non-hydrogen) atoms. The minimum atomic E-state index is -0.421. The minimum Gasteiger partial charge on any atom is -0.438 e. The van der Waals surface area contributed by atoms with E-state index in [0.29, 0.717) is 6.54 Å². The first-order valence-electron chi connectivity index (χ1n) is 3.94. The number of nitrogens with one attached hydrogen (secondary N) is 1. The van der Waals surface area contributed by atoms with Crippen molar-refractivity contribution >= 4 is 5.91 Å². The molecule has 72 valence electrons. The maximum Gasteiger partial charge on any atom is 0.288 e. The van der Waals surface area contributed by atoms with Crippen LogP contribution in [-0.4, -0.2) is 23.0 Å². The molecular weight excluding hydrogens is 170 g/mol. The summed E-state index contributed by atoms with van der Waals surface area (Å²) in [5.74, 6) is -0.0970. The SMILES string of the molecule is CC(C)(N)CNC(=O)c1cnco1. The van der Waals surface area contributed by atoms with E-state index in [0.717, 1.165) is 0 Å². The van der Waals surface area contributed by atoms with E-state index in [9.17, 15) is 4.79 Å². The number of hydrogen-bond donors (Lipinski definition) is 2. The standard InChI is InChI=1S/C8H13N3O2/c1-8(2,9)4-11-7(12)6-3-10-5-13-6/h3,5H,4,9H2,1-2H3,(H,11,12). The molecule has 1 rings (SSSR count). The summed E-state index contributed by atoms with van der Waals surface area (Å²) in [5, 5.41) is 2.63. The molecule has 0 fully saturated rings. The predicted molar refractivity (Wildman–Crippen MR) is 47.1 cm³/mol. The number of nitrogens with two attached hydrogens (primary N) is 1. The Bertz CT molecular complexity index is 274. The Balaban J connectivity index is 2.44. The molecule has 1 heterocycles. The van der Waals surface area contributed by atoms with Gasteiger partial charge in [-0.15, -0.1) is 0 Å². The number of carbonyl (C=O) groups excluding carboxylic acids is 1. The maximum absolute atomic E-state index is 11.3.